The molecular weight excluding hydrogens is 648 g/mol. The van der Waals surface area contributed by atoms with E-state index in [2.05, 4.69) is 10.6 Å². The van der Waals surface area contributed by atoms with E-state index in [1.54, 1.807) is 64.1 Å². The van der Waals surface area contributed by atoms with Crippen molar-refractivity contribution in [1.82, 2.24) is 20.4 Å². The predicted octanol–water partition coefficient (Wildman–Crippen LogP) is 5.04. The maximum Gasteiger partial charge on any atom is 0.330 e. The van der Waals surface area contributed by atoms with Crippen molar-refractivity contribution in [1.29, 1.82) is 0 Å². The van der Waals surface area contributed by atoms with Gasteiger partial charge in [0.2, 0.25) is 11.8 Å². The Kier molecular flexibility index (Phi) is 9.82. The Hall–Kier alpha value is -4.48. The second-order valence-electron chi connectivity index (χ2n) is 13.7. The smallest absolute Gasteiger partial charge is 0.330 e. The van der Waals surface area contributed by atoms with Crippen molar-refractivity contribution in [3.05, 3.63) is 88.1 Å². The first-order valence-corrected chi connectivity index (χ1v) is 16.8. The molecule has 2 N–H and O–H groups in total. The number of urea groups is 1. The summed E-state index contributed by atoms with van der Waals surface area (Å²) in [6.45, 7) is 12.4. The predicted molar refractivity (Wildman–Crippen MR) is 183 cm³/mol. The molecule has 5 rings (SSSR count). The zero-order valence-electron chi connectivity index (χ0n) is 28.9. The molecule has 49 heavy (non-hydrogen) atoms. The van der Waals surface area contributed by atoms with Gasteiger partial charge < -0.3 is 20.1 Å². The zero-order chi connectivity index (χ0) is 35.9. The van der Waals surface area contributed by atoms with Gasteiger partial charge in [-0.3, -0.25) is 24.1 Å². The number of amides is 5. The fourth-order valence-electron chi connectivity index (χ4n) is 6.59. The van der Waals surface area contributed by atoms with Gasteiger partial charge >= 0.3 is 6.03 Å². The average molecular weight is 691 g/mol. The number of allylic oxidation sites excluding steroid dienone is 2. The second kappa shape index (κ2) is 13.4. The SMILES string of the molecule is CCOC1C(=O)N(C(C(=O)NC2=C(Cl)C=CC3(C2)NC(=O)C3(CC)Oc2ccc(C)cc2C)C(=O)C(C)(C)C)C(=O)N1Cc1ccccc1. The quantitative estimate of drug-likeness (QED) is 0.192. The fraction of sp³-hybridized carbons (Fsp3) is 0.432. The van der Waals surface area contributed by atoms with Crippen LogP contribution >= 0.6 is 11.6 Å². The summed E-state index contributed by atoms with van der Waals surface area (Å²) in [5, 5.41) is 5.89. The van der Waals surface area contributed by atoms with Crippen LogP contribution in [0.3, 0.4) is 0 Å². The van der Waals surface area contributed by atoms with E-state index >= 15 is 0 Å². The molecule has 2 aliphatic heterocycles. The molecular formula is C37H43ClN4O7. The number of nitrogens with one attached hydrogen (secondary N) is 2. The summed E-state index contributed by atoms with van der Waals surface area (Å²) in [6, 6.07) is 12.1. The van der Waals surface area contributed by atoms with Crippen molar-refractivity contribution < 1.29 is 33.4 Å². The van der Waals surface area contributed by atoms with Gasteiger partial charge in [-0.1, -0.05) is 93.4 Å². The van der Waals surface area contributed by atoms with Crippen molar-refractivity contribution in [3.8, 4) is 5.75 Å². The minimum atomic E-state index is -1.83. The molecule has 2 heterocycles. The Morgan fingerprint density at radius 2 is 1.78 bits per heavy atom. The van der Waals surface area contributed by atoms with Gasteiger partial charge in [-0.2, -0.15) is 0 Å². The minimum absolute atomic E-state index is 0.0125. The number of nitrogens with zero attached hydrogens (tertiary/aromatic N) is 2. The van der Waals surface area contributed by atoms with Gasteiger partial charge in [0.05, 0.1) is 11.6 Å². The third-order valence-electron chi connectivity index (χ3n) is 9.27. The lowest BCUT2D eigenvalue weighted by Gasteiger charge is -2.57. The number of ether oxygens (including phenoxy) is 2. The van der Waals surface area contributed by atoms with E-state index < -0.39 is 52.5 Å². The lowest BCUT2D eigenvalue weighted by Crippen LogP contribution is -2.83. The van der Waals surface area contributed by atoms with E-state index in [-0.39, 0.29) is 36.2 Å². The van der Waals surface area contributed by atoms with E-state index in [1.165, 1.54) is 4.90 Å². The molecule has 4 unspecified atom stereocenters. The zero-order valence-corrected chi connectivity index (χ0v) is 29.6. The highest BCUT2D eigenvalue weighted by atomic mass is 35.5. The van der Waals surface area contributed by atoms with Crippen LogP contribution in [0.4, 0.5) is 4.79 Å². The number of carbonyl (C=O) groups is 5. The largest absolute Gasteiger partial charge is 0.474 e. The highest BCUT2D eigenvalue weighted by molar-refractivity contribution is 6.32. The lowest BCUT2D eigenvalue weighted by atomic mass is 9.65. The first kappa shape index (κ1) is 35.8. The van der Waals surface area contributed by atoms with E-state index in [0.717, 1.165) is 16.7 Å². The molecule has 11 nitrogen and oxygen atoms in total. The molecule has 2 aromatic carbocycles. The third-order valence-corrected chi connectivity index (χ3v) is 9.62. The summed E-state index contributed by atoms with van der Waals surface area (Å²) >= 11 is 6.64. The number of ketones is 1. The number of hydrogen-bond donors (Lipinski definition) is 2. The van der Waals surface area contributed by atoms with Crippen LogP contribution in [0.2, 0.25) is 0 Å². The average Bonchev–Trinajstić information content (AvgIpc) is 3.26. The van der Waals surface area contributed by atoms with Gasteiger partial charge in [0.25, 0.3) is 17.7 Å². The fourth-order valence-corrected chi connectivity index (χ4v) is 6.77. The summed E-state index contributed by atoms with van der Waals surface area (Å²) in [5.41, 5.74) is -0.704. The number of carbonyl (C=O) groups excluding carboxylic acids is 5. The van der Waals surface area contributed by atoms with Crippen LogP contribution in [0.25, 0.3) is 0 Å². The van der Waals surface area contributed by atoms with Crippen molar-refractivity contribution >= 4 is 41.1 Å². The molecule has 1 spiro atoms. The van der Waals surface area contributed by atoms with Gasteiger partial charge in [-0.15, -0.1) is 0 Å². The van der Waals surface area contributed by atoms with Gasteiger partial charge in [0.1, 0.15) is 11.3 Å². The summed E-state index contributed by atoms with van der Waals surface area (Å²) in [4.78, 5) is 71.3. The van der Waals surface area contributed by atoms with E-state index in [0.29, 0.717) is 17.1 Å². The third kappa shape index (κ3) is 6.37. The lowest BCUT2D eigenvalue weighted by molar-refractivity contribution is -0.165. The van der Waals surface area contributed by atoms with Crippen LogP contribution in [0.15, 0.2) is 71.4 Å². The van der Waals surface area contributed by atoms with Crippen LogP contribution in [-0.4, -0.2) is 69.4 Å². The first-order chi connectivity index (χ1) is 23.1. The molecule has 260 valence electrons. The molecule has 2 aromatic rings. The molecule has 0 aromatic heterocycles. The van der Waals surface area contributed by atoms with Crippen LogP contribution in [-0.2, 0) is 30.5 Å². The number of halogens is 1. The summed E-state index contributed by atoms with van der Waals surface area (Å²) in [6.07, 6.45) is 2.29. The highest BCUT2D eigenvalue weighted by Gasteiger charge is 2.67. The van der Waals surface area contributed by atoms with Crippen LogP contribution in [0.1, 0.15) is 64.2 Å². The number of aryl methyl sites for hydroxylation is 2. The van der Waals surface area contributed by atoms with Gasteiger partial charge in [0, 0.05) is 24.1 Å². The van der Waals surface area contributed by atoms with Crippen molar-refractivity contribution in [2.24, 2.45) is 5.41 Å². The molecule has 5 amide bonds. The molecule has 0 saturated carbocycles. The van der Waals surface area contributed by atoms with Crippen molar-refractivity contribution in [2.45, 2.75) is 91.3 Å². The van der Waals surface area contributed by atoms with Crippen LogP contribution in [0.5, 0.6) is 5.75 Å². The summed E-state index contributed by atoms with van der Waals surface area (Å²) in [5.74, 6) is -2.16. The summed E-state index contributed by atoms with van der Waals surface area (Å²) in [7, 11) is 0. The molecule has 4 atom stereocenters. The Morgan fingerprint density at radius 3 is 2.37 bits per heavy atom. The summed E-state index contributed by atoms with van der Waals surface area (Å²) < 4.78 is 12.2. The number of imide groups is 1. The minimum Gasteiger partial charge on any atom is -0.474 e. The van der Waals surface area contributed by atoms with Gasteiger partial charge in [-0.05, 0) is 50.5 Å². The molecule has 12 heteroatoms. The monoisotopic (exact) mass is 690 g/mol. The van der Waals surface area contributed by atoms with E-state index in [9.17, 15) is 24.0 Å². The standard InChI is InChI=1S/C37H43ClN4O7/c1-8-37(49-27-16-15-22(3)19-23(27)4)33(46)40-36(37)18-17-25(38)26(20-36)39-30(44)28(29(43)35(5,6)7)42-31(45)32(48-9-2)41(34(42)47)21-24-13-11-10-12-14-24/h10-19,28,32H,8-9,20-21H2,1-7H3,(H,39,44)(H,40,46). The Balaban J connectivity index is 1.46. The molecule has 2 fully saturated rings. The van der Waals surface area contributed by atoms with Gasteiger partial charge in [0.15, 0.2) is 11.8 Å². The van der Waals surface area contributed by atoms with Crippen LogP contribution in [0, 0.1) is 19.3 Å². The number of benzene rings is 2. The van der Waals surface area contributed by atoms with Crippen molar-refractivity contribution in [2.75, 3.05) is 6.61 Å². The van der Waals surface area contributed by atoms with E-state index in [1.807, 2.05) is 45.0 Å². The van der Waals surface area contributed by atoms with Crippen LogP contribution < -0.4 is 15.4 Å². The number of rotatable bonds is 11. The number of hydrogen-bond acceptors (Lipinski definition) is 7. The molecule has 0 bridgehead atoms. The Morgan fingerprint density at radius 1 is 1.08 bits per heavy atom. The maximum absolute atomic E-state index is 14.3. The number of Topliss-reactive ketones (excluding diaryl/α,β-unsaturated/α-hetero) is 1. The first-order valence-electron chi connectivity index (χ1n) is 16.4. The Labute approximate surface area is 291 Å². The maximum atomic E-state index is 14.3. The highest BCUT2D eigenvalue weighted by Crippen LogP contribution is 2.47. The second-order valence-corrected chi connectivity index (χ2v) is 14.1. The molecule has 1 aliphatic carbocycles. The van der Waals surface area contributed by atoms with Gasteiger partial charge in [-0.25, -0.2) is 9.69 Å². The normalized spacial score (nSPS) is 24.2. The van der Waals surface area contributed by atoms with E-state index in [4.69, 9.17) is 21.1 Å². The molecule has 2 saturated heterocycles. The van der Waals surface area contributed by atoms with Crippen molar-refractivity contribution in [3.63, 3.8) is 0 Å². The number of β-lactam (4-membered cyclic amide) rings is 1. The topological polar surface area (TPSA) is 134 Å². The molecule has 0 radical (unpaired) electrons. The Bertz CT molecular complexity index is 1750. The molecule has 3 aliphatic rings.